The number of carbonyl (C=O) groups excluding carboxylic acids is 1. The molecule has 0 atom stereocenters. The average molecular weight is 332 g/mol. The lowest BCUT2D eigenvalue weighted by Gasteiger charge is -2.36. The minimum absolute atomic E-state index is 0.0643. The summed E-state index contributed by atoms with van der Waals surface area (Å²) < 4.78 is 20.2. The summed E-state index contributed by atoms with van der Waals surface area (Å²) in [6.07, 6.45) is 3.60. The van der Waals surface area contributed by atoms with Gasteiger partial charge in [-0.15, -0.1) is 0 Å². The van der Waals surface area contributed by atoms with E-state index in [0.29, 0.717) is 26.2 Å². The van der Waals surface area contributed by atoms with Gasteiger partial charge in [0.15, 0.2) is 11.6 Å². The molecule has 0 saturated carbocycles. The molecule has 0 aliphatic carbocycles. The molecule has 3 rings (SSSR count). The number of benzene rings is 1. The Morgan fingerprint density at radius 2 is 2.04 bits per heavy atom. The van der Waals surface area contributed by atoms with E-state index in [1.54, 1.807) is 23.0 Å². The van der Waals surface area contributed by atoms with Gasteiger partial charge in [-0.3, -0.25) is 9.48 Å². The first-order chi connectivity index (χ1) is 11.6. The molecule has 1 amide bonds. The highest BCUT2D eigenvalue weighted by Gasteiger charge is 2.22. The molecule has 7 heteroatoms. The van der Waals surface area contributed by atoms with Gasteiger partial charge in [0.1, 0.15) is 6.54 Å². The van der Waals surface area contributed by atoms with E-state index in [-0.39, 0.29) is 24.0 Å². The van der Waals surface area contributed by atoms with Crippen LogP contribution in [0, 0.1) is 12.7 Å². The van der Waals surface area contributed by atoms with Gasteiger partial charge in [-0.05, 0) is 24.6 Å². The number of ether oxygens (including phenoxy) is 1. The summed E-state index contributed by atoms with van der Waals surface area (Å²) in [5, 5.41) is 4.15. The second kappa shape index (κ2) is 6.90. The van der Waals surface area contributed by atoms with E-state index in [0.717, 1.165) is 11.3 Å². The third-order valence-corrected chi connectivity index (χ3v) is 4.19. The van der Waals surface area contributed by atoms with Crippen molar-refractivity contribution in [1.82, 2.24) is 14.7 Å². The van der Waals surface area contributed by atoms with Gasteiger partial charge in [0, 0.05) is 44.1 Å². The zero-order chi connectivity index (χ0) is 17.1. The van der Waals surface area contributed by atoms with E-state index < -0.39 is 0 Å². The molecule has 1 aromatic carbocycles. The number of aromatic nitrogens is 2. The number of hydrogen-bond donors (Lipinski definition) is 0. The maximum atomic E-state index is 13.5. The number of rotatable bonds is 4. The first kappa shape index (κ1) is 16.3. The molecule has 1 aromatic heterocycles. The van der Waals surface area contributed by atoms with Crippen LogP contribution in [-0.4, -0.2) is 53.9 Å². The predicted octanol–water partition coefficient (Wildman–Crippen LogP) is 1.69. The molecule has 0 spiro atoms. The molecular formula is C17H21FN4O2. The van der Waals surface area contributed by atoms with Gasteiger partial charge in [-0.1, -0.05) is 0 Å². The minimum atomic E-state index is -0.371. The van der Waals surface area contributed by atoms with Crippen molar-refractivity contribution in [2.75, 3.05) is 38.2 Å². The molecule has 0 bridgehead atoms. The second-order valence-corrected chi connectivity index (χ2v) is 5.90. The van der Waals surface area contributed by atoms with Crippen LogP contribution in [0.3, 0.4) is 0 Å². The minimum Gasteiger partial charge on any atom is -0.494 e. The average Bonchev–Trinajstić information content (AvgIpc) is 3.00. The van der Waals surface area contributed by atoms with Gasteiger partial charge in [0.25, 0.3) is 0 Å². The molecule has 2 heterocycles. The van der Waals surface area contributed by atoms with Crippen LogP contribution in [0.5, 0.6) is 5.75 Å². The van der Waals surface area contributed by atoms with E-state index in [1.165, 1.54) is 13.2 Å². The summed E-state index contributed by atoms with van der Waals surface area (Å²) in [5.74, 6) is -0.0703. The maximum Gasteiger partial charge on any atom is 0.244 e. The Morgan fingerprint density at radius 1 is 1.29 bits per heavy atom. The van der Waals surface area contributed by atoms with Gasteiger partial charge in [-0.25, -0.2) is 4.39 Å². The van der Waals surface area contributed by atoms with E-state index in [9.17, 15) is 9.18 Å². The van der Waals surface area contributed by atoms with Crippen molar-refractivity contribution in [3.8, 4) is 5.75 Å². The Morgan fingerprint density at radius 3 is 2.67 bits per heavy atom. The monoisotopic (exact) mass is 332 g/mol. The van der Waals surface area contributed by atoms with Gasteiger partial charge < -0.3 is 14.5 Å². The molecule has 24 heavy (non-hydrogen) atoms. The Bertz CT molecular complexity index is 723. The summed E-state index contributed by atoms with van der Waals surface area (Å²) in [6, 6.07) is 4.84. The third-order valence-electron chi connectivity index (χ3n) is 4.19. The van der Waals surface area contributed by atoms with Crippen molar-refractivity contribution >= 4 is 11.6 Å². The van der Waals surface area contributed by atoms with Crippen molar-refractivity contribution in [2.24, 2.45) is 0 Å². The molecular weight excluding hydrogens is 311 g/mol. The van der Waals surface area contributed by atoms with Gasteiger partial charge in [0.05, 0.1) is 13.3 Å². The van der Waals surface area contributed by atoms with Crippen LogP contribution in [0.2, 0.25) is 0 Å². The molecule has 0 N–H and O–H groups in total. The first-order valence-corrected chi connectivity index (χ1v) is 7.92. The molecule has 6 nitrogen and oxygen atoms in total. The number of anilines is 1. The Hall–Kier alpha value is -2.57. The molecule has 2 aromatic rings. The number of carbonyl (C=O) groups is 1. The van der Waals surface area contributed by atoms with Crippen molar-refractivity contribution in [1.29, 1.82) is 0 Å². The molecule has 0 radical (unpaired) electrons. The molecule has 1 aliphatic heterocycles. The summed E-state index contributed by atoms with van der Waals surface area (Å²) in [6.45, 7) is 4.90. The fraction of sp³-hybridized carbons (Fsp3) is 0.412. The van der Waals surface area contributed by atoms with E-state index in [1.807, 2.05) is 18.0 Å². The van der Waals surface area contributed by atoms with E-state index in [4.69, 9.17) is 4.74 Å². The van der Waals surface area contributed by atoms with Crippen LogP contribution in [0.4, 0.5) is 10.1 Å². The highest BCUT2D eigenvalue weighted by atomic mass is 19.1. The standard InChI is InChI=1S/C17H21FN4O2/c1-13-10-19-22(11-13)12-17(23)21-7-5-20(6-8-21)14-3-4-15(18)16(9-14)24-2/h3-4,9-11H,5-8,12H2,1-2H3. The number of amides is 1. The number of aryl methyl sites for hydroxylation is 1. The molecule has 1 fully saturated rings. The van der Waals surface area contributed by atoms with Crippen LogP contribution in [0.25, 0.3) is 0 Å². The van der Waals surface area contributed by atoms with Crippen molar-refractivity contribution in [3.63, 3.8) is 0 Å². The highest BCUT2D eigenvalue weighted by Crippen LogP contribution is 2.25. The lowest BCUT2D eigenvalue weighted by molar-refractivity contribution is -0.132. The van der Waals surface area contributed by atoms with Crippen LogP contribution in [0.1, 0.15) is 5.56 Å². The van der Waals surface area contributed by atoms with E-state index >= 15 is 0 Å². The summed E-state index contributed by atoms with van der Waals surface area (Å²) in [4.78, 5) is 16.3. The van der Waals surface area contributed by atoms with Gasteiger partial charge in [-0.2, -0.15) is 5.10 Å². The largest absolute Gasteiger partial charge is 0.494 e. The SMILES string of the molecule is COc1cc(N2CCN(C(=O)Cn3cc(C)cn3)CC2)ccc1F. The topological polar surface area (TPSA) is 50.6 Å². The first-order valence-electron chi connectivity index (χ1n) is 7.92. The zero-order valence-corrected chi connectivity index (χ0v) is 13.9. The lowest BCUT2D eigenvalue weighted by atomic mass is 10.2. The maximum absolute atomic E-state index is 13.5. The Balaban J connectivity index is 1.58. The van der Waals surface area contributed by atoms with Crippen LogP contribution in [-0.2, 0) is 11.3 Å². The van der Waals surface area contributed by atoms with Crippen molar-refractivity contribution < 1.29 is 13.9 Å². The predicted molar refractivity (Wildman–Crippen MR) is 88.7 cm³/mol. The third kappa shape index (κ3) is 3.50. The zero-order valence-electron chi connectivity index (χ0n) is 13.9. The molecule has 1 aliphatic rings. The Kier molecular flexibility index (Phi) is 4.69. The van der Waals surface area contributed by atoms with Crippen LogP contribution in [0.15, 0.2) is 30.6 Å². The summed E-state index contributed by atoms with van der Waals surface area (Å²) >= 11 is 0. The second-order valence-electron chi connectivity index (χ2n) is 5.90. The summed E-state index contributed by atoms with van der Waals surface area (Å²) in [5.41, 5.74) is 1.95. The molecule has 1 saturated heterocycles. The fourth-order valence-electron chi connectivity index (χ4n) is 2.85. The van der Waals surface area contributed by atoms with Crippen LogP contribution < -0.4 is 9.64 Å². The van der Waals surface area contributed by atoms with Crippen molar-refractivity contribution in [3.05, 3.63) is 42.0 Å². The van der Waals surface area contributed by atoms with Crippen molar-refractivity contribution in [2.45, 2.75) is 13.5 Å². The number of nitrogens with zero attached hydrogens (tertiary/aromatic N) is 4. The van der Waals surface area contributed by atoms with E-state index in [2.05, 4.69) is 10.00 Å². The molecule has 128 valence electrons. The smallest absolute Gasteiger partial charge is 0.244 e. The number of hydrogen-bond acceptors (Lipinski definition) is 4. The highest BCUT2D eigenvalue weighted by molar-refractivity contribution is 5.76. The molecule has 0 unspecified atom stereocenters. The number of halogens is 1. The van der Waals surface area contributed by atoms with Crippen LogP contribution >= 0.6 is 0 Å². The number of methoxy groups -OCH3 is 1. The Labute approximate surface area is 140 Å². The summed E-state index contributed by atoms with van der Waals surface area (Å²) in [7, 11) is 1.45. The normalized spacial score (nSPS) is 14.8. The quantitative estimate of drug-likeness (QED) is 0.855. The number of piperazine rings is 1. The lowest BCUT2D eigenvalue weighted by Crippen LogP contribution is -2.49. The van der Waals surface area contributed by atoms with Gasteiger partial charge >= 0.3 is 0 Å². The van der Waals surface area contributed by atoms with Gasteiger partial charge in [0.2, 0.25) is 5.91 Å². The fourth-order valence-corrected chi connectivity index (χ4v) is 2.85.